The van der Waals surface area contributed by atoms with Crippen molar-refractivity contribution >= 4 is 5.97 Å². The summed E-state index contributed by atoms with van der Waals surface area (Å²) in [7, 11) is 2.17. The lowest BCUT2D eigenvalue weighted by atomic mass is 10.0. The number of nitrogens with zero attached hydrogens (tertiary/aromatic N) is 2. The lowest BCUT2D eigenvalue weighted by Gasteiger charge is -2.32. The van der Waals surface area contributed by atoms with Gasteiger partial charge in [0.1, 0.15) is 18.1 Å². The van der Waals surface area contributed by atoms with Crippen LogP contribution in [0.3, 0.4) is 0 Å². The van der Waals surface area contributed by atoms with E-state index >= 15 is 0 Å². The molecule has 0 aromatic heterocycles. The maximum absolute atomic E-state index is 12.6. The summed E-state index contributed by atoms with van der Waals surface area (Å²) >= 11 is 0. The highest BCUT2D eigenvalue weighted by atomic mass is 16.5. The van der Waals surface area contributed by atoms with Crippen LogP contribution in [-0.2, 0) is 16.1 Å². The van der Waals surface area contributed by atoms with Crippen LogP contribution in [0.1, 0.15) is 206 Å². The van der Waals surface area contributed by atoms with Crippen LogP contribution in [0, 0.1) is 0 Å². The van der Waals surface area contributed by atoms with E-state index in [2.05, 4.69) is 30.7 Å². The fourth-order valence-corrected chi connectivity index (χ4v) is 7.43. The lowest BCUT2D eigenvalue weighted by Crippen LogP contribution is -2.44. The molecule has 0 aliphatic carbocycles. The molecule has 0 unspecified atom stereocenters. The molecule has 1 aliphatic heterocycles. The van der Waals surface area contributed by atoms with Crippen molar-refractivity contribution in [3.63, 3.8) is 0 Å². The van der Waals surface area contributed by atoms with Gasteiger partial charge < -0.3 is 24.0 Å². The first kappa shape index (κ1) is 47.4. The highest BCUT2D eigenvalue weighted by Gasteiger charge is 2.14. The van der Waals surface area contributed by atoms with Gasteiger partial charge in [0.15, 0.2) is 0 Å². The van der Waals surface area contributed by atoms with Crippen molar-refractivity contribution < 1.29 is 19.0 Å². The Hall–Kier alpha value is -1.79. The third-order valence-electron chi connectivity index (χ3n) is 11.1. The van der Waals surface area contributed by atoms with E-state index in [1.54, 1.807) is 0 Å². The van der Waals surface area contributed by atoms with Gasteiger partial charge in [0.25, 0.3) is 0 Å². The molecule has 0 amide bonds. The second-order valence-corrected chi connectivity index (χ2v) is 16.3. The number of likely N-dealkylation sites (N-methyl/N-ethyl adjacent to an activating group) is 1. The summed E-state index contributed by atoms with van der Waals surface area (Å²) in [5, 5.41) is 0. The number of unbranched alkanes of at least 4 members (excludes halogenated alkanes) is 25. The van der Waals surface area contributed by atoms with E-state index < -0.39 is 0 Å². The van der Waals surface area contributed by atoms with Crippen LogP contribution in [-0.4, -0.2) is 68.8 Å². The second kappa shape index (κ2) is 34.7. The predicted molar refractivity (Wildman–Crippen MR) is 226 cm³/mol. The van der Waals surface area contributed by atoms with Crippen LogP contribution >= 0.6 is 0 Å². The number of esters is 1. The smallest absolute Gasteiger partial charge is 0.306 e. The Morgan fingerprint density at radius 2 is 0.887 bits per heavy atom. The SMILES string of the molecule is CCCCCCCCCCCCCCCCOc1cc(COC(=O)CCCN2CCN(C)CC2)cc(OCCCCCCCCCCCCCCC)c1. The van der Waals surface area contributed by atoms with Crippen molar-refractivity contribution in [2.75, 3.05) is 53.0 Å². The number of rotatable bonds is 37. The molecular formula is C47H86N2O4. The fraction of sp³-hybridized carbons (Fsp3) is 0.851. The Morgan fingerprint density at radius 1 is 0.509 bits per heavy atom. The topological polar surface area (TPSA) is 51.2 Å². The Kier molecular flexibility index (Phi) is 31.0. The van der Waals surface area contributed by atoms with Gasteiger partial charge in [-0.2, -0.15) is 0 Å². The molecule has 1 heterocycles. The normalized spacial score (nSPS) is 13.8. The first-order chi connectivity index (χ1) is 26.1. The Bertz CT molecular complexity index is 964. The first-order valence-electron chi connectivity index (χ1n) is 23.1. The summed E-state index contributed by atoms with van der Waals surface area (Å²) in [6, 6.07) is 6.08. The zero-order valence-corrected chi connectivity index (χ0v) is 35.4. The number of carbonyl (C=O) groups excluding carboxylic acids is 1. The highest BCUT2D eigenvalue weighted by Crippen LogP contribution is 2.25. The molecule has 308 valence electrons. The molecule has 1 fully saturated rings. The molecule has 0 spiro atoms. The summed E-state index contributed by atoms with van der Waals surface area (Å²) in [4.78, 5) is 17.4. The van der Waals surface area contributed by atoms with E-state index in [-0.39, 0.29) is 12.6 Å². The molecule has 0 N–H and O–H groups in total. The van der Waals surface area contributed by atoms with Crippen LogP contribution in [0.15, 0.2) is 18.2 Å². The molecular weight excluding hydrogens is 657 g/mol. The van der Waals surface area contributed by atoms with Gasteiger partial charge in [-0.05, 0) is 50.6 Å². The molecule has 0 atom stereocenters. The van der Waals surface area contributed by atoms with Crippen LogP contribution in [0.25, 0.3) is 0 Å². The van der Waals surface area contributed by atoms with Gasteiger partial charge in [-0.1, -0.05) is 174 Å². The quantitative estimate of drug-likeness (QED) is 0.0500. The number of hydrogen-bond donors (Lipinski definition) is 0. The number of piperazine rings is 1. The van der Waals surface area contributed by atoms with Gasteiger partial charge in [0.2, 0.25) is 0 Å². The molecule has 1 aromatic carbocycles. The third-order valence-corrected chi connectivity index (χ3v) is 11.1. The second-order valence-electron chi connectivity index (χ2n) is 16.3. The van der Waals surface area contributed by atoms with E-state index in [4.69, 9.17) is 14.2 Å². The zero-order chi connectivity index (χ0) is 37.9. The predicted octanol–water partition coefficient (Wildman–Crippen LogP) is 13.1. The zero-order valence-electron chi connectivity index (χ0n) is 35.4. The summed E-state index contributed by atoms with van der Waals surface area (Å²) in [5.41, 5.74) is 0.941. The molecule has 1 saturated heterocycles. The van der Waals surface area contributed by atoms with E-state index in [9.17, 15) is 4.79 Å². The molecule has 0 saturated carbocycles. The van der Waals surface area contributed by atoms with Gasteiger partial charge in [0, 0.05) is 38.7 Å². The van der Waals surface area contributed by atoms with Crippen molar-refractivity contribution in [2.24, 2.45) is 0 Å². The van der Waals surface area contributed by atoms with Crippen LogP contribution in [0.4, 0.5) is 0 Å². The minimum absolute atomic E-state index is 0.123. The maximum atomic E-state index is 12.6. The molecule has 6 nitrogen and oxygen atoms in total. The molecule has 0 bridgehead atoms. The molecule has 1 aliphatic rings. The van der Waals surface area contributed by atoms with Crippen molar-refractivity contribution in [3.8, 4) is 11.5 Å². The van der Waals surface area contributed by atoms with Crippen molar-refractivity contribution in [1.82, 2.24) is 9.80 Å². The van der Waals surface area contributed by atoms with E-state index in [1.165, 1.54) is 161 Å². The third kappa shape index (κ3) is 28.3. The van der Waals surface area contributed by atoms with E-state index in [0.717, 1.165) is 69.0 Å². The van der Waals surface area contributed by atoms with Crippen molar-refractivity contribution in [2.45, 2.75) is 207 Å². The summed E-state index contributed by atoms with van der Waals surface area (Å²) < 4.78 is 18.2. The Morgan fingerprint density at radius 3 is 1.28 bits per heavy atom. The average Bonchev–Trinajstić information content (AvgIpc) is 3.16. The minimum Gasteiger partial charge on any atom is -0.493 e. The highest BCUT2D eigenvalue weighted by molar-refractivity contribution is 5.69. The standard InChI is InChI=1S/C47H86N2O4/c1-4-6-8-10-12-14-16-18-20-22-24-26-28-30-39-52-46-41-44(43-53-47(50)32-31-33-49-36-34-48(3)35-37-49)40-45(42-46)51-38-29-27-25-23-21-19-17-15-13-11-9-7-5-2/h40-42H,4-39,43H2,1-3H3. The summed E-state index contributed by atoms with van der Waals surface area (Å²) in [6.07, 6.45) is 37.7. The maximum Gasteiger partial charge on any atom is 0.306 e. The van der Waals surface area contributed by atoms with Gasteiger partial charge in [-0.25, -0.2) is 0 Å². The largest absolute Gasteiger partial charge is 0.493 e. The van der Waals surface area contributed by atoms with E-state index in [0.29, 0.717) is 19.6 Å². The minimum atomic E-state index is -0.123. The lowest BCUT2D eigenvalue weighted by molar-refractivity contribution is -0.145. The summed E-state index contributed by atoms with van der Waals surface area (Å²) in [5.74, 6) is 1.52. The van der Waals surface area contributed by atoms with Crippen molar-refractivity contribution in [1.29, 1.82) is 0 Å². The van der Waals surface area contributed by atoms with Crippen molar-refractivity contribution in [3.05, 3.63) is 23.8 Å². The first-order valence-corrected chi connectivity index (χ1v) is 23.1. The van der Waals surface area contributed by atoms with Crippen LogP contribution in [0.2, 0.25) is 0 Å². The van der Waals surface area contributed by atoms with Gasteiger partial charge in [0.05, 0.1) is 13.2 Å². The number of benzene rings is 1. The molecule has 53 heavy (non-hydrogen) atoms. The Labute approximate surface area is 328 Å². The van der Waals surface area contributed by atoms with Gasteiger partial charge >= 0.3 is 5.97 Å². The molecule has 0 radical (unpaired) electrons. The van der Waals surface area contributed by atoms with Gasteiger partial charge in [-0.15, -0.1) is 0 Å². The monoisotopic (exact) mass is 743 g/mol. The van der Waals surface area contributed by atoms with Gasteiger partial charge in [-0.3, -0.25) is 4.79 Å². The fourth-order valence-electron chi connectivity index (χ4n) is 7.43. The van der Waals surface area contributed by atoms with Crippen LogP contribution in [0.5, 0.6) is 11.5 Å². The summed E-state index contributed by atoms with van der Waals surface area (Å²) in [6.45, 7) is 11.6. The average molecular weight is 743 g/mol. The molecule has 6 heteroatoms. The molecule has 2 rings (SSSR count). The van der Waals surface area contributed by atoms with E-state index in [1.807, 2.05) is 18.2 Å². The number of hydrogen-bond acceptors (Lipinski definition) is 6. The van der Waals surface area contributed by atoms with Crippen LogP contribution < -0.4 is 9.47 Å². The number of carbonyl (C=O) groups is 1. The Balaban J connectivity index is 1.65. The molecule has 1 aromatic rings. The number of ether oxygens (including phenoxy) is 3.